The van der Waals surface area contributed by atoms with Gasteiger partial charge in [0.1, 0.15) is 0 Å². The third-order valence-corrected chi connectivity index (χ3v) is 4.25. The van der Waals surface area contributed by atoms with Gasteiger partial charge in [-0.25, -0.2) is 5.48 Å². The molecule has 0 fully saturated rings. The quantitative estimate of drug-likeness (QED) is 0.188. The van der Waals surface area contributed by atoms with Crippen molar-refractivity contribution < 1.29 is 19.6 Å². The molecule has 7 nitrogen and oxygen atoms in total. The van der Waals surface area contributed by atoms with Crippen LogP contribution in [0.3, 0.4) is 0 Å². The number of nitrogens with zero attached hydrogens (tertiary/aromatic N) is 1. The molecule has 0 radical (unpaired) electrons. The summed E-state index contributed by atoms with van der Waals surface area (Å²) in [5.74, 6) is -1.18. The van der Waals surface area contributed by atoms with E-state index in [0.29, 0.717) is 17.8 Å². The highest BCUT2D eigenvalue weighted by Crippen LogP contribution is 2.16. The van der Waals surface area contributed by atoms with Crippen LogP contribution >= 0.6 is 0 Å². The monoisotopic (exact) mass is 387 g/mol. The first kappa shape index (κ1) is 23.3. The lowest BCUT2D eigenvalue weighted by atomic mass is 9.97. The first-order valence-electron chi connectivity index (χ1n) is 9.27. The SMILES string of the molecule is CCN(CC)CC(=O)Nc1ccc(C(=O)[C@H](C)/C=C(C)/C=C/C(=O)NO)cc1. The fourth-order valence-electron chi connectivity index (χ4n) is 2.60. The van der Waals surface area contributed by atoms with E-state index in [0.717, 1.165) is 18.7 Å². The Morgan fingerprint density at radius 1 is 1.11 bits per heavy atom. The van der Waals surface area contributed by atoms with Crippen LogP contribution < -0.4 is 10.8 Å². The minimum atomic E-state index is -0.634. The number of amides is 2. The average molecular weight is 387 g/mol. The Morgan fingerprint density at radius 2 is 1.71 bits per heavy atom. The third-order valence-electron chi connectivity index (χ3n) is 4.25. The van der Waals surface area contributed by atoms with Gasteiger partial charge in [0.05, 0.1) is 6.54 Å². The molecule has 28 heavy (non-hydrogen) atoms. The zero-order chi connectivity index (χ0) is 21.1. The highest BCUT2D eigenvalue weighted by Gasteiger charge is 2.13. The van der Waals surface area contributed by atoms with Gasteiger partial charge in [-0.3, -0.25) is 24.5 Å². The Labute approximate surface area is 166 Å². The van der Waals surface area contributed by atoms with Crippen molar-refractivity contribution in [1.29, 1.82) is 0 Å². The molecule has 0 saturated carbocycles. The number of likely N-dealkylation sites (N-methyl/N-ethyl adjacent to an activating group) is 1. The molecule has 0 saturated heterocycles. The first-order valence-corrected chi connectivity index (χ1v) is 9.27. The summed E-state index contributed by atoms with van der Waals surface area (Å²) in [6, 6.07) is 6.79. The van der Waals surface area contributed by atoms with Crippen LogP contribution in [0.15, 0.2) is 48.1 Å². The molecule has 0 bridgehead atoms. The van der Waals surface area contributed by atoms with Gasteiger partial charge < -0.3 is 5.32 Å². The maximum atomic E-state index is 12.5. The van der Waals surface area contributed by atoms with Gasteiger partial charge in [-0.1, -0.05) is 38.5 Å². The summed E-state index contributed by atoms with van der Waals surface area (Å²) in [6.45, 7) is 9.49. The number of hydrogen-bond donors (Lipinski definition) is 3. The predicted molar refractivity (Wildman–Crippen MR) is 109 cm³/mol. The first-order chi connectivity index (χ1) is 13.3. The minimum absolute atomic E-state index is 0.0691. The van der Waals surface area contributed by atoms with Crippen LogP contribution in [0, 0.1) is 5.92 Å². The Bertz CT molecular complexity index is 735. The maximum absolute atomic E-state index is 12.5. The number of carbonyl (C=O) groups is 3. The van der Waals surface area contributed by atoms with Gasteiger partial charge >= 0.3 is 0 Å². The van der Waals surface area contributed by atoms with Crippen molar-refractivity contribution >= 4 is 23.3 Å². The van der Waals surface area contributed by atoms with Gasteiger partial charge in [-0.15, -0.1) is 0 Å². The van der Waals surface area contributed by atoms with E-state index in [2.05, 4.69) is 5.32 Å². The Balaban J connectivity index is 2.71. The standard InChI is InChI=1S/C21H29N3O4/c1-5-24(6-2)14-20(26)22-18-10-8-17(9-11-18)21(27)16(4)13-15(3)7-12-19(25)23-28/h7-13,16,28H,5-6,14H2,1-4H3,(H,22,26)(H,23,25)/b12-7+,15-13+/t16-/m1/s1. The molecule has 1 atom stereocenters. The van der Waals surface area contributed by atoms with Crippen molar-refractivity contribution in [3.63, 3.8) is 0 Å². The molecule has 3 N–H and O–H groups in total. The van der Waals surface area contributed by atoms with Gasteiger partial charge in [0.25, 0.3) is 5.91 Å². The lowest BCUT2D eigenvalue weighted by Crippen LogP contribution is -2.32. The van der Waals surface area contributed by atoms with Crippen molar-refractivity contribution in [2.45, 2.75) is 27.7 Å². The topological polar surface area (TPSA) is 98.7 Å². The van der Waals surface area contributed by atoms with E-state index in [1.807, 2.05) is 18.7 Å². The van der Waals surface area contributed by atoms with Gasteiger partial charge in [-0.05, 0) is 44.3 Å². The van der Waals surface area contributed by atoms with Crippen molar-refractivity contribution in [3.05, 3.63) is 53.6 Å². The summed E-state index contributed by atoms with van der Waals surface area (Å²) in [5, 5.41) is 11.3. The van der Waals surface area contributed by atoms with Gasteiger partial charge in [0, 0.05) is 23.2 Å². The van der Waals surface area contributed by atoms with Gasteiger partial charge in [0.2, 0.25) is 5.91 Å². The molecule has 0 aliphatic heterocycles. The van der Waals surface area contributed by atoms with E-state index in [9.17, 15) is 14.4 Å². The second-order valence-corrected chi connectivity index (χ2v) is 6.46. The van der Waals surface area contributed by atoms with Gasteiger partial charge in [0.15, 0.2) is 5.78 Å². The molecule has 152 valence electrons. The Kier molecular flexibility index (Phi) is 9.84. The molecule has 7 heteroatoms. The molecule has 0 aromatic heterocycles. The fraction of sp³-hybridized carbons (Fsp3) is 0.381. The van der Waals surface area contributed by atoms with E-state index in [-0.39, 0.29) is 17.6 Å². The van der Waals surface area contributed by atoms with E-state index in [1.54, 1.807) is 44.2 Å². The predicted octanol–water partition coefficient (Wildman–Crippen LogP) is 2.79. The zero-order valence-electron chi connectivity index (χ0n) is 16.9. The summed E-state index contributed by atoms with van der Waals surface area (Å²) < 4.78 is 0. The molecule has 1 aromatic rings. The normalized spacial score (nSPS) is 12.9. The Hall–Kier alpha value is -2.77. The van der Waals surface area contributed by atoms with Crippen LogP contribution in [0.5, 0.6) is 0 Å². The van der Waals surface area contributed by atoms with Crippen molar-refractivity contribution in [2.24, 2.45) is 5.92 Å². The highest BCUT2D eigenvalue weighted by molar-refractivity contribution is 5.99. The lowest BCUT2D eigenvalue weighted by molar-refractivity contribution is -0.124. The van der Waals surface area contributed by atoms with Crippen LogP contribution in [0.25, 0.3) is 0 Å². The van der Waals surface area contributed by atoms with Crippen LogP contribution in [0.2, 0.25) is 0 Å². The number of benzene rings is 1. The number of hydroxylamine groups is 1. The number of nitrogens with one attached hydrogen (secondary N) is 2. The summed E-state index contributed by atoms with van der Waals surface area (Å²) in [4.78, 5) is 37.6. The summed E-state index contributed by atoms with van der Waals surface area (Å²) >= 11 is 0. The van der Waals surface area contributed by atoms with E-state index in [1.165, 1.54) is 17.6 Å². The van der Waals surface area contributed by atoms with Crippen molar-refractivity contribution in [2.75, 3.05) is 25.0 Å². The van der Waals surface area contributed by atoms with E-state index < -0.39 is 5.91 Å². The molecule has 1 rings (SSSR count). The number of rotatable bonds is 10. The maximum Gasteiger partial charge on any atom is 0.267 e. The molecule has 0 aliphatic carbocycles. The Morgan fingerprint density at radius 3 is 2.25 bits per heavy atom. The van der Waals surface area contributed by atoms with Gasteiger partial charge in [-0.2, -0.15) is 0 Å². The van der Waals surface area contributed by atoms with E-state index in [4.69, 9.17) is 5.21 Å². The number of carbonyl (C=O) groups excluding carboxylic acids is 3. The third kappa shape index (κ3) is 7.85. The number of Topliss-reactive ketones (excluding diaryl/α,β-unsaturated/α-hetero) is 1. The van der Waals surface area contributed by atoms with Crippen LogP contribution in [0.4, 0.5) is 5.69 Å². The number of hydrogen-bond acceptors (Lipinski definition) is 5. The summed E-state index contributed by atoms with van der Waals surface area (Å²) in [5.41, 5.74) is 3.41. The molecule has 0 unspecified atom stereocenters. The van der Waals surface area contributed by atoms with Crippen LogP contribution in [-0.2, 0) is 9.59 Å². The second kappa shape index (κ2) is 11.8. The number of anilines is 1. The lowest BCUT2D eigenvalue weighted by Gasteiger charge is -2.17. The number of allylic oxidation sites excluding steroid dienone is 3. The molecule has 0 spiro atoms. The number of ketones is 1. The smallest absolute Gasteiger partial charge is 0.267 e. The van der Waals surface area contributed by atoms with Crippen molar-refractivity contribution in [1.82, 2.24) is 10.4 Å². The summed E-state index contributed by atoms with van der Waals surface area (Å²) in [7, 11) is 0. The molecule has 0 heterocycles. The largest absolute Gasteiger partial charge is 0.325 e. The fourth-order valence-corrected chi connectivity index (χ4v) is 2.60. The average Bonchev–Trinajstić information content (AvgIpc) is 2.70. The highest BCUT2D eigenvalue weighted by atomic mass is 16.5. The molecule has 2 amide bonds. The zero-order valence-corrected chi connectivity index (χ0v) is 16.9. The molecule has 1 aromatic carbocycles. The van der Waals surface area contributed by atoms with Crippen LogP contribution in [0.1, 0.15) is 38.1 Å². The summed E-state index contributed by atoms with van der Waals surface area (Å²) in [6.07, 6.45) is 4.44. The minimum Gasteiger partial charge on any atom is -0.325 e. The second-order valence-electron chi connectivity index (χ2n) is 6.46. The molecular formula is C21H29N3O4. The van der Waals surface area contributed by atoms with Crippen LogP contribution in [-0.4, -0.2) is 47.3 Å². The van der Waals surface area contributed by atoms with E-state index >= 15 is 0 Å². The molecular weight excluding hydrogens is 358 g/mol. The molecule has 0 aliphatic rings. The van der Waals surface area contributed by atoms with Crippen molar-refractivity contribution in [3.8, 4) is 0 Å².